The Hall–Kier alpha value is -3.74. The Morgan fingerprint density at radius 3 is 2.39 bits per heavy atom. The van der Waals surface area contributed by atoms with Crippen LogP contribution in [0.25, 0.3) is 21.6 Å². The molecule has 5 nitrogen and oxygen atoms in total. The molecule has 1 atom stereocenters. The topological polar surface area (TPSA) is 75.4 Å². The minimum atomic E-state index is -0.635. The van der Waals surface area contributed by atoms with Gasteiger partial charge in [0.1, 0.15) is 6.04 Å². The summed E-state index contributed by atoms with van der Waals surface area (Å²) in [4.78, 5) is 29.5. The quantitative estimate of drug-likeness (QED) is 0.304. The van der Waals surface area contributed by atoms with Gasteiger partial charge in [0.2, 0.25) is 11.8 Å². The van der Waals surface area contributed by atoms with Crippen LogP contribution in [-0.4, -0.2) is 23.4 Å². The summed E-state index contributed by atoms with van der Waals surface area (Å²) in [6.45, 7) is 4.05. The van der Waals surface area contributed by atoms with Gasteiger partial charge >= 0.3 is 0 Å². The van der Waals surface area contributed by atoms with Gasteiger partial charge < -0.3 is 16.0 Å². The van der Waals surface area contributed by atoms with Crippen LogP contribution in [0.1, 0.15) is 37.8 Å². The highest BCUT2D eigenvalue weighted by atomic mass is 32.1. The fourth-order valence-electron chi connectivity index (χ4n) is 5.03. The van der Waals surface area contributed by atoms with E-state index in [2.05, 4.69) is 77.4 Å². The lowest BCUT2D eigenvalue weighted by Crippen LogP contribution is -2.49. The number of carbonyl (C=O) groups is 2. The predicted octanol–water partition coefficient (Wildman–Crippen LogP) is 6.17. The smallest absolute Gasteiger partial charge is 0.249 e. The van der Waals surface area contributed by atoms with Gasteiger partial charge in [-0.3, -0.25) is 9.59 Å². The summed E-state index contributed by atoms with van der Waals surface area (Å²) in [5.74, 6) is -0.291. The number of rotatable bonds is 7. The van der Waals surface area contributed by atoms with Gasteiger partial charge in [-0.1, -0.05) is 72.8 Å². The molecule has 38 heavy (non-hydrogen) atoms. The maximum absolute atomic E-state index is 13.8. The molecule has 2 heterocycles. The highest BCUT2D eigenvalue weighted by Crippen LogP contribution is 2.35. The molecule has 3 aromatic carbocycles. The molecule has 0 bridgehead atoms. The van der Waals surface area contributed by atoms with Crippen molar-refractivity contribution in [2.75, 3.05) is 4.90 Å². The van der Waals surface area contributed by atoms with Crippen LogP contribution in [0.2, 0.25) is 0 Å². The molecule has 1 aliphatic rings. The molecule has 4 aromatic rings. The molecule has 0 unspecified atom stereocenters. The Morgan fingerprint density at radius 2 is 1.68 bits per heavy atom. The van der Waals surface area contributed by atoms with E-state index >= 15 is 0 Å². The zero-order chi connectivity index (χ0) is 26.7. The fourth-order valence-corrected chi connectivity index (χ4v) is 5.79. The third-order valence-corrected chi connectivity index (χ3v) is 7.72. The van der Waals surface area contributed by atoms with E-state index in [0.29, 0.717) is 19.4 Å². The van der Waals surface area contributed by atoms with Crippen LogP contribution in [0.5, 0.6) is 0 Å². The van der Waals surface area contributed by atoms with Crippen LogP contribution in [0.15, 0.2) is 90.3 Å². The number of nitrogens with one attached hydrogen (secondary N) is 1. The molecule has 0 fully saturated rings. The first-order valence-corrected chi connectivity index (χ1v) is 13.9. The number of nitrogens with two attached hydrogens (primary N) is 1. The summed E-state index contributed by atoms with van der Waals surface area (Å²) in [5, 5.41) is 5.05. The van der Waals surface area contributed by atoms with E-state index < -0.39 is 11.6 Å². The van der Waals surface area contributed by atoms with Gasteiger partial charge in [0.15, 0.2) is 0 Å². The Bertz CT molecular complexity index is 1420. The number of thiophene rings is 1. The lowest BCUT2D eigenvalue weighted by molar-refractivity contribution is -0.128. The van der Waals surface area contributed by atoms with Crippen LogP contribution in [0.4, 0.5) is 5.69 Å². The third-order valence-electron chi connectivity index (χ3n) is 6.82. The first kappa shape index (κ1) is 25.9. The molecule has 0 spiro atoms. The van der Waals surface area contributed by atoms with E-state index in [1.807, 2.05) is 36.9 Å². The average molecular weight is 524 g/mol. The number of fused-ring (bicyclic) bond motifs is 1. The third kappa shape index (κ3) is 5.87. The number of benzene rings is 3. The molecule has 1 aromatic heterocycles. The van der Waals surface area contributed by atoms with Crippen molar-refractivity contribution in [3.8, 4) is 21.6 Å². The van der Waals surface area contributed by atoms with Crippen LogP contribution < -0.4 is 16.0 Å². The van der Waals surface area contributed by atoms with Crippen molar-refractivity contribution in [1.29, 1.82) is 0 Å². The molecule has 2 amide bonds. The summed E-state index contributed by atoms with van der Waals surface area (Å²) in [5.41, 5.74) is 12.0. The Labute approximate surface area is 228 Å². The molecular formula is C32H33N3O2S. The largest absolute Gasteiger partial charge is 0.344 e. The maximum atomic E-state index is 13.8. The van der Waals surface area contributed by atoms with Crippen molar-refractivity contribution >= 4 is 28.8 Å². The number of para-hydroxylation sites is 1. The zero-order valence-corrected chi connectivity index (χ0v) is 22.6. The number of hydrogen-bond donors (Lipinski definition) is 2. The number of carbonyl (C=O) groups excluding carboxylic acids is 2. The van der Waals surface area contributed by atoms with Gasteiger partial charge in [-0.25, -0.2) is 0 Å². The van der Waals surface area contributed by atoms with Crippen molar-refractivity contribution in [2.24, 2.45) is 5.73 Å². The van der Waals surface area contributed by atoms with Crippen LogP contribution in [0, 0.1) is 0 Å². The monoisotopic (exact) mass is 523 g/mol. The molecule has 3 N–H and O–H groups in total. The molecular weight excluding hydrogens is 490 g/mol. The lowest BCUT2D eigenvalue weighted by atomic mass is 9.97. The van der Waals surface area contributed by atoms with Crippen LogP contribution >= 0.6 is 11.3 Å². The van der Waals surface area contributed by atoms with Gasteiger partial charge in [0, 0.05) is 22.5 Å². The summed E-state index contributed by atoms with van der Waals surface area (Å²) >= 11 is 1.73. The minimum absolute atomic E-state index is 0.0924. The molecule has 194 valence electrons. The molecule has 0 aliphatic carbocycles. The lowest BCUT2D eigenvalue weighted by Gasteiger charge is -2.27. The summed E-state index contributed by atoms with van der Waals surface area (Å²) < 4.78 is 0. The molecule has 5 rings (SSSR count). The second-order valence-electron chi connectivity index (χ2n) is 10.6. The molecule has 0 radical (unpaired) electrons. The highest BCUT2D eigenvalue weighted by molar-refractivity contribution is 7.13. The summed E-state index contributed by atoms with van der Waals surface area (Å²) in [6.07, 6.45) is 1.44. The predicted molar refractivity (Wildman–Crippen MR) is 156 cm³/mol. The second-order valence-corrected chi connectivity index (χ2v) is 11.5. The number of hydrogen-bond acceptors (Lipinski definition) is 4. The fraction of sp³-hybridized carbons (Fsp3) is 0.250. The van der Waals surface area contributed by atoms with Crippen molar-refractivity contribution in [2.45, 2.75) is 51.2 Å². The second kappa shape index (κ2) is 10.9. The number of amides is 2. The number of nitrogens with zero attached hydrogens (tertiary/aromatic N) is 1. The Morgan fingerprint density at radius 1 is 0.974 bits per heavy atom. The number of anilines is 1. The van der Waals surface area contributed by atoms with E-state index in [1.54, 1.807) is 11.3 Å². The average Bonchev–Trinajstić information content (AvgIpc) is 3.40. The van der Waals surface area contributed by atoms with Gasteiger partial charge in [-0.2, -0.15) is 0 Å². The van der Waals surface area contributed by atoms with Crippen molar-refractivity contribution in [3.05, 3.63) is 101 Å². The minimum Gasteiger partial charge on any atom is -0.344 e. The van der Waals surface area contributed by atoms with Crippen molar-refractivity contribution < 1.29 is 9.59 Å². The SMILES string of the molecule is CC(C)(N)CC(=O)N[C@@H]1CCc2ccccc2N(Cc2ccc(-c3ccccc3-c3cccs3)cc2)C1=O. The molecule has 0 saturated heterocycles. The van der Waals surface area contributed by atoms with E-state index in [4.69, 9.17) is 5.73 Å². The number of aryl methyl sites for hydroxylation is 1. The van der Waals surface area contributed by atoms with Gasteiger partial charge in [-0.15, -0.1) is 11.3 Å². The van der Waals surface area contributed by atoms with E-state index in [0.717, 1.165) is 22.4 Å². The Kier molecular flexibility index (Phi) is 7.45. The van der Waals surface area contributed by atoms with Crippen LogP contribution in [-0.2, 0) is 22.6 Å². The van der Waals surface area contributed by atoms with E-state index in [-0.39, 0.29) is 18.2 Å². The van der Waals surface area contributed by atoms with Gasteiger partial charge in [0.05, 0.1) is 6.54 Å². The van der Waals surface area contributed by atoms with E-state index in [9.17, 15) is 9.59 Å². The normalized spacial score (nSPS) is 15.6. The zero-order valence-electron chi connectivity index (χ0n) is 21.8. The van der Waals surface area contributed by atoms with Gasteiger partial charge in [-0.05, 0) is 72.0 Å². The first-order valence-electron chi connectivity index (χ1n) is 13.0. The molecule has 6 heteroatoms. The molecule has 0 saturated carbocycles. The van der Waals surface area contributed by atoms with Gasteiger partial charge in [0.25, 0.3) is 0 Å². The van der Waals surface area contributed by atoms with Crippen molar-refractivity contribution in [1.82, 2.24) is 5.32 Å². The standard InChI is InChI=1S/C32H33N3O2S/c1-32(2,33)20-30(36)34-27-18-17-24-8-3-6-11-28(24)35(31(27)37)21-22-13-15-23(16-14-22)25-9-4-5-10-26(25)29-12-7-19-38-29/h3-16,19,27H,17-18,20-21,33H2,1-2H3,(H,34,36)/t27-/m1/s1. The maximum Gasteiger partial charge on any atom is 0.249 e. The van der Waals surface area contributed by atoms with E-state index in [1.165, 1.54) is 16.0 Å². The van der Waals surface area contributed by atoms with Crippen LogP contribution in [0.3, 0.4) is 0 Å². The Balaban J connectivity index is 1.40. The summed E-state index contributed by atoms with van der Waals surface area (Å²) in [7, 11) is 0. The molecule has 1 aliphatic heterocycles. The van der Waals surface area contributed by atoms with Crippen molar-refractivity contribution in [3.63, 3.8) is 0 Å². The summed E-state index contributed by atoms with van der Waals surface area (Å²) in [6, 6.07) is 28.5. The highest BCUT2D eigenvalue weighted by Gasteiger charge is 2.32. The first-order chi connectivity index (χ1) is 18.3.